The van der Waals surface area contributed by atoms with E-state index in [0.29, 0.717) is 6.04 Å². The molecule has 0 amide bonds. The van der Waals surface area contributed by atoms with Crippen molar-refractivity contribution in [3.63, 3.8) is 0 Å². The molecule has 0 bridgehead atoms. The first-order chi connectivity index (χ1) is 15.3. The van der Waals surface area contributed by atoms with Gasteiger partial charge in [-0.2, -0.15) is 10.2 Å². The summed E-state index contributed by atoms with van der Waals surface area (Å²) < 4.78 is 1.84. The van der Waals surface area contributed by atoms with Crippen molar-refractivity contribution in [3.8, 4) is 16.9 Å². The average molecular weight is 413 g/mol. The van der Waals surface area contributed by atoms with Gasteiger partial charge in [-0.1, -0.05) is 0 Å². The third kappa shape index (κ3) is 2.57. The van der Waals surface area contributed by atoms with Gasteiger partial charge in [-0.05, 0) is 56.0 Å². The molecule has 7 rings (SSSR count). The standard InChI is InChI=1S/C23H24N8/c1-29(15-11-14-3-6-19-21(12-15)31(14)19)22-8-5-18(26-27-22)16-4-7-20(30-10-2-9-25-30)23-17(16)13-24-28-23/h2,4-5,7-10,13-15,19,21H,3,6,11-12H2,1H3,(H,24,28)/t14-,15?,19+,21?,31?/m1/s1. The number of piperidine rings is 2. The van der Waals surface area contributed by atoms with Crippen molar-refractivity contribution in [3.05, 3.63) is 48.9 Å². The molecule has 8 heteroatoms. The molecule has 3 aromatic heterocycles. The number of fused-ring (bicyclic) bond motifs is 2. The number of anilines is 1. The lowest BCUT2D eigenvalue weighted by molar-refractivity contribution is 0.274. The van der Waals surface area contributed by atoms with Gasteiger partial charge in [0.05, 0.1) is 23.1 Å². The predicted molar refractivity (Wildman–Crippen MR) is 118 cm³/mol. The number of H-pyrrole nitrogens is 1. The molecule has 0 saturated carbocycles. The maximum Gasteiger partial charge on any atom is 0.151 e. The molecule has 4 aromatic rings. The highest BCUT2D eigenvalue weighted by atomic mass is 15.4. The number of hydrogen-bond donors (Lipinski definition) is 1. The molecule has 0 spiro atoms. The molecule has 3 aliphatic heterocycles. The molecule has 156 valence electrons. The normalized spacial score (nSPS) is 28.6. The Kier molecular flexibility index (Phi) is 3.58. The minimum absolute atomic E-state index is 0.561. The number of nitrogens with one attached hydrogen (secondary N) is 1. The monoisotopic (exact) mass is 412 g/mol. The van der Waals surface area contributed by atoms with Crippen LogP contribution in [0.15, 0.2) is 48.9 Å². The molecule has 31 heavy (non-hydrogen) atoms. The maximum atomic E-state index is 4.61. The molecule has 3 unspecified atom stereocenters. The number of aromatic amines is 1. The Morgan fingerprint density at radius 2 is 2.03 bits per heavy atom. The van der Waals surface area contributed by atoms with Crippen LogP contribution < -0.4 is 4.90 Å². The van der Waals surface area contributed by atoms with E-state index in [1.54, 1.807) is 6.20 Å². The molecular formula is C23H24N8. The first kappa shape index (κ1) is 17.4. The number of hydrogen-bond acceptors (Lipinski definition) is 6. The van der Waals surface area contributed by atoms with Gasteiger partial charge in [0.1, 0.15) is 0 Å². The number of benzene rings is 1. The first-order valence-corrected chi connectivity index (χ1v) is 11.1. The Bertz CT molecular complexity index is 1240. The van der Waals surface area contributed by atoms with Gasteiger partial charge in [-0.15, -0.1) is 10.2 Å². The third-order valence-electron chi connectivity index (χ3n) is 7.58. The van der Waals surface area contributed by atoms with Crippen LogP contribution in [0.2, 0.25) is 0 Å². The van der Waals surface area contributed by atoms with Crippen LogP contribution in [0.5, 0.6) is 0 Å². The lowest BCUT2D eigenvalue weighted by atomic mass is 9.91. The second-order valence-electron chi connectivity index (χ2n) is 9.07. The Morgan fingerprint density at radius 3 is 2.84 bits per heavy atom. The summed E-state index contributed by atoms with van der Waals surface area (Å²) in [5.41, 5.74) is 3.78. The summed E-state index contributed by atoms with van der Waals surface area (Å²) in [7, 11) is 2.17. The summed E-state index contributed by atoms with van der Waals surface area (Å²) in [6.45, 7) is 0. The van der Waals surface area contributed by atoms with Crippen molar-refractivity contribution in [1.29, 1.82) is 0 Å². The van der Waals surface area contributed by atoms with E-state index in [1.165, 1.54) is 25.7 Å². The van der Waals surface area contributed by atoms with Crippen molar-refractivity contribution < 1.29 is 0 Å². The average Bonchev–Trinajstić information content (AvgIpc) is 3.30. The minimum Gasteiger partial charge on any atom is -0.355 e. The van der Waals surface area contributed by atoms with E-state index < -0.39 is 0 Å². The van der Waals surface area contributed by atoms with Crippen LogP contribution in [0.1, 0.15) is 25.7 Å². The summed E-state index contributed by atoms with van der Waals surface area (Å²) in [5.74, 6) is 0.954. The van der Waals surface area contributed by atoms with Crippen molar-refractivity contribution in [1.82, 2.24) is 35.1 Å². The molecule has 1 aromatic carbocycles. The second-order valence-corrected chi connectivity index (χ2v) is 9.07. The lowest BCUT2D eigenvalue weighted by Crippen LogP contribution is -2.42. The highest BCUT2D eigenvalue weighted by molar-refractivity contribution is 5.97. The van der Waals surface area contributed by atoms with Gasteiger partial charge in [-0.25, -0.2) is 4.68 Å². The molecule has 0 radical (unpaired) electrons. The summed E-state index contributed by atoms with van der Waals surface area (Å²) >= 11 is 0. The van der Waals surface area contributed by atoms with E-state index in [9.17, 15) is 0 Å². The minimum atomic E-state index is 0.561. The van der Waals surface area contributed by atoms with Crippen LogP contribution >= 0.6 is 0 Å². The lowest BCUT2D eigenvalue weighted by Gasteiger charge is -2.35. The van der Waals surface area contributed by atoms with E-state index in [1.807, 2.05) is 29.2 Å². The molecule has 0 aliphatic carbocycles. The SMILES string of the molecule is CN(c1ccc(-c2ccc(-n3cccn3)c3[nH]ncc23)nn1)C1CC2[C@@H]3CC[C@H](C1)N23. The molecule has 3 aliphatic rings. The largest absolute Gasteiger partial charge is 0.355 e. The van der Waals surface area contributed by atoms with Crippen LogP contribution in [0.4, 0.5) is 5.82 Å². The smallest absolute Gasteiger partial charge is 0.151 e. The van der Waals surface area contributed by atoms with E-state index in [0.717, 1.165) is 51.8 Å². The number of aromatic nitrogens is 6. The van der Waals surface area contributed by atoms with E-state index in [2.05, 4.69) is 60.5 Å². The van der Waals surface area contributed by atoms with Gasteiger partial charge < -0.3 is 4.90 Å². The molecule has 3 fully saturated rings. The number of nitrogens with zero attached hydrogens (tertiary/aromatic N) is 7. The highest BCUT2D eigenvalue weighted by Gasteiger charge is 2.59. The van der Waals surface area contributed by atoms with Crippen LogP contribution in [-0.2, 0) is 0 Å². The van der Waals surface area contributed by atoms with Crippen LogP contribution in [0, 0.1) is 0 Å². The summed E-state index contributed by atoms with van der Waals surface area (Å²) in [4.78, 5) is 5.08. The Labute approximate surface area is 179 Å². The Balaban J connectivity index is 1.18. The van der Waals surface area contributed by atoms with Crippen LogP contribution in [-0.4, -0.2) is 66.3 Å². The molecule has 5 atom stereocenters. The highest BCUT2D eigenvalue weighted by Crippen LogP contribution is 2.51. The van der Waals surface area contributed by atoms with Crippen molar-refractivity contribution >= 4 is 16.7 Å². The zero-order chi connectivity index (χ0) is 20.5. The van der Waals surface area contributed by atoms with Crippen LogP contribution in [0.25, 0.3) is 27.8 Å². The second kappa shape index (κ2) is 6.37. The zero-order valence-corrected chi connectivity index (χ0v) is 17.4. The van der Waals surface area contributed by atoms with Crippen LogP contribution in [0.3, 0.4) is 0 Å². The van der Waals surface area contributed by atoms with E-state index in [4.69, 9.17) is 0 Å². The van der Waals surface area contributed by atoms with Crippen molar-refractivity contribution in [2.45, 2.75) is 49.9 Å². The van der Waals surface area contributed by atoms with Gasteiger partial charge >= 0.3 is 0 Å². The predicted octanol–water partition coefficient (Wildman–Crippen LogP) is 3.02. The Hall–Kier alpha value is -3.26. The topological polar surface area (TPSA) is 78.5 Å². The fraction of sp³-hybridized carbons (Fsp3) is 0.391. The summed E-state index contributed by atoms with van der Waals surface area (Å²) in [5, 5.41) is 21.9. The maximum absolute atomic E-state index is 4.61. The Morgan fingerprint density at radius 1 is 1.06 bits per heavy atom. The van der Waals surface area contributed by atoms with Gasteiger partial charge in [-0.3, -0.25) is 10.00 Å². The fourth-order valence-corrected chi connectivity index (χ4v) is 5.97. The fourth-order valence-electron chi connectivity index (χ4n) is 5.97. The van der Waals surface area contributed by atoms with Crippen molar-refractivity contribution in [2.24, 2.45) is 0 Å². The van der Waals surface area contributed by atoms with Gasteiger partial charge in [0.25, 0.3) is 0 Å². The summed E-state index contributed by atoms with van der Waals surface area (Å²) in [6.07, 6.45) is 10.8. The number of rotatable bonds is 4. The molecule has 3 saturated heterocycles. The molecular weight excluding hydrogens is 388 g/mol. The van der Waals surface area contributed by atoms with E-state index >= 15 is 0 Å². The van der Waals surface area contributed by atoms with Gasteiger partial charge in [0, 0.05) is 54.6 Å². The third-order valence-corrected chi connectivity index (χ3v) is 7.58. The van der Waals surface area contributed by atoms with Gasteiger partial charge in [0.15, 0.2) is 5.82 Å². The quantitative estimate of drug-likeness (QED) is 0.519. The van der Waals surface area contributed by atoms with E-state index in [-0.39, 0.29) is 0 Å². The zero-order valence-electron chi connectivity index (χ0n) is 17.4. The van der Waals surface area contributed by atoms with Crippen molar-refractivity contribution in [2.75, 3.05) is 11.9 Å². The first-order valence-electron chi connectivity index (χ1n) is 11.1. The molecule has 6 heterocycles. The molecule has 1 N–H and O–H groups in total. The van der Waals surface area contributed by atoms with Gasteiger partial charge in [0.2, 0.25) is 0 Å². The summed E-state index contributed by atoms with van der Waals surface area (Å²) in [6, 6.07) is 13.2. The molecule has 8 nitrogen and oxygen atoms in total.